The summed E-state index contributed by atoms with van der Waals surface area (Å²) in [6.07, 6.45) is 1.80. The summed E-state index contributed by atoms with van der Waals surface area (Å²) >= 11 is 0. The van der Waals surface area contributed by atoms with Crippen LogP contribution in [0.25, 0.3) is 6.08 Å². The molecule has 4 rings (SSSR count). The summed E-state index contributed by atoms with van der Waals surface area (Å²) in [6.45, 7) is 11.6. The molecule has 0 atom stereocenters. The SMILES string of the molecule is CCN1CCN(Cc2c(O)cc(C)c3c2O/C(=C\c2ccccc2C)C3=O)CC1. The first-order valence-corrected chi connectivity index (χ1v) is 10.3. The summed E-state index contributed by atoms with van der Waals surface area (Å²) in [6, 6.07) is 9.60. The van der Waals surface area contributed by atoms with Crippen molar-refractivity contribution in [2.45, 2.75) is 27.3 Å². The van der Waals surface area contributed by atoms with Gasteiger partial charge in [-0.05, 0) is 49.2 Å². The fourth-order valence-corrected chi connectivity index (χ4v) is 4.11. The van der Waals surface area contributed by atoms with E-state index in [1.807, 2.05) is 38.1 Å². The Bertz CT molecular complexity index is 972. The van der Waals surface area contributed by atoms with Crippen molar-refractivity contribution in [1.82, 2.24) is 9.80 Å². The summed E-state index contributed by atoms with van der Waals surface area (Å²) < 4.78 is 6.07. The van der Waals surface area contributed by atoms with Gasteiger partial charge in [-0.2, -0.15) is 0 Å². The molecule has 1 fully saturated rings. The van der Waals surface area contributed by atoms with Crippen molar-refractivity contribution in [3.63, 3.8) is 0 Å². The van der Waals surface area contributed by atoms with Crippen molar-refractivity contribution in [2.24, 2.45) is 0 Å². The maximum atomic E-state index is 13.1. The van der Waals surface area contributed by atoms with Gasteiger partial charge in [0.25, 0.3) is 0 Å². The fourth-order valence-electron chi connectivity index (χ4n) is 4.11. The lowest BCUT2D eigenvalue weighted by Gasteiger charge is -2.34. The summed E-state index contributed by atoms with van der Waals surface area (Å²) in [4.78, 5) is 17.8. The minimum Gasteiger partial charge on any atom is -0.507 e. The number of phenolic OH excluding ortho intramolecular Hbond substituents is 1. The van der Waals surface area contributed by atoms with E-state index in [1.165, 1.54) is 0 Å². The molecule has 1 N–H and O–H groups in total. The number of nitrogens with zero attached hydrogens (tertiary/aromatic N) is 2. The predicted octanol–water partition coefficient (Wildman–Crippen LogP) is 3.76. The zero-order valence-corrected chi connectivity index (χ0v) is 17.4. The number of ketones is 1. The van der Waals surface area contributed by atoms with Crippen LogP contribution in [0.15, 0.2) is 36.1 Å². The second-order valence-corrected chi connectivity index (χ2v) is 7.90. The van der Waals surface area contributed by atoms with Crippen LogP contribution >= 0.6 is 0 Å². The molecule has 5 nitrogen and oxygen atoms in total. The summed E-state index contributed by atoms with van der Waals surface area (Å²) in [5, 5.41) is 10.6. The van der Waals surface area contributed by atoms with Gasteiger partial charge in [-0.25, -0.2) is 0 Å². The number of hydrogen-bond acceptors (Lipinski definition) is 5. The molecule has 1 saturated heterocycles. The molecule has 29 heavy (non-hydrogen) atoms. The number of benzene rings is 2. The standard InChI is InChI=1S/C24H28N2O3/c1-4-25-9-11-26(12-10-25)15-19-20(27)13-17(3)22-23(28)21(29-24(19)22)14-18-8-6-5-7-16(18)2/h5-8,13-14,27H,4,9-12,15H2,1-3H3/b21-14-. The van der Waals surface area contributed by atoms with E-state index in [2.05, 4.69) is 16.7 Å². The molecule has 0 unspecified atom stereocenters. The third-order valence-electron chi connectivity index (χ3n) is 5.99. The van der Waals surface area contributed by atoms with E-state index in [4.69, 9.17) is 4.74 Å². The lowest BCUT2D eigenvalue weighted by molar-refractivity contribution is 0.101. The molecule has 0 bridgehead atoms. The molecule has 0 saturated carbocycles. The van der Waals surface area contributed by atoms with Gasteiger partial charge in [-0.3, -0.25) is 9.69 Å². The van der Waals surface area contributed by atoms with Crippen LogP contribution in [0.1, 0.15) is 39.5 Å². The van der Waals surface area contributed by atoms with Gasteiger partial charge < -0.3 is 14.7 Å². The van der Waals surface area contributed by atoms with Gasteiger partial charge >= 0.3 is 0 Å². The van der Waals surface area contributed by atoms with Crippen LogP contribution in [-0.4, -0.2) is 53.4 Å². The monoisotopic (exact) mass is 392 g/mol. The first kappa shape index (κ1) is 19.7. The lowest BCUT2D eigenvalue weighted by Crippen LogP contribution is -2.45. The number of Topliss-reactive ketones (excluding diaryl/α,β-unsaturated/α-hetero) is 1. The largest absolute Gasteiger partial charge is 0.507 e. The number of carbonyl (C=O) groups is 1. The van der Waals surface area contributed by atoms with E-state index >= 15 is 0 Å². The van der Waals surface area contributed by atoms with Gasteiger partial charge in [0, 0.05) is 32.7 Å². The normalized spacial score (nSPS) is 18.9. The van der Waals surface area contributed by atoms with E-state index in [1.54, 1.807) is 12.1 Å². The first-order valence-electron chi connectivity index (χ1n) is 10.3. The molecule has 2 aliphatic rings. The zero-order chi connectivity index (χ0) is 20.5. The van der Waals surface area contributed by atoms with E-state index in [-0.39, 0.29) is 11.5 Å². The number of piperazine rings is 1. The summed E-state index contributed by atoms with van der Waals surface area (Å²) in [5.41, 5.74) is 4.07. The van der Waals surface area contributed by atoms with Crippen molar-refractivity contribution in [3.8, 4) is 11.5 Å². The lowest BCUT2D eigenvalue weighted by atomic mass is 9.98. The molecule has 0 aromatic heterocycles. The number of fused-ring (bicyclic) bond motifs is 1. The molecule has 0 aliphatic carbocycles. The third kappa shape index (κ3) is 3.80. The smallest absolute Gasteiger partial charge is 0.232 e. The van der Waals surface area contributed by atoms with Crippen LogP contribution in [0.4, 0.5) is 0 Å². The van der Waals surface area contributed by atoms with Gasteiger partial charge in [0.15, 0.2) is 5.76 Å². The Morgan fingerprint density at radius 1 is 1.07 bits per heavy atom. The number of aryl methyl sites for hydroxylation is 2. The number of carbonyl (C=O) groups excluding carboxylic acids is 1. The quantitative estimate of drug-likeness (QED) is 0.803. The second kappa shape index (κ2) is 8.01. The number of rotatable bonds is 4. The Hall–Kier alpha value is -2.63. The number of hydrogen-bond donors (Lipinski definition) is 1. The Kier molecular flexibility index (Phi) is 5.43. The van der Waals surface area contributed by atoms with Crippen LogP contribution in [-0.2, 0) is 6.54 Å². The molecule has 0 radical (unpaired) electrons. The van der Waals surface area contributed by atoms with E-state index in [9.17, 15) is 9.90 Å². The highest BCUT2D eigenvalue weighted by atomic mass is 16.5. The van der Waals surface area contributed by atoms with Gasteiger partial charge in [0.2, 0.25) is 5.78 Å². The van der Waals surface area contributed by atoms with Crippen molar-refractivity contribution < 1.29 is 14.6 Å². The van der Waals surface area contributed by atoms with Crippen LogP contribution in [0.3, 0.4) is 0 Å². The van der Waals surface area contributed by atoms with Gasteiger partial charge in [0.05, 0.1) is 11.1 Å². The molecule has 5 heteroatoms. The fraction of sp³-hybridized carbons (Fsp3) is 0.375. The predicted molar refractivity (Wildman–Crippen MR) is 114 cm³/mol. The molecular weight excluding hydrogens is 364 g/mol. The van der Waals surface area contributed by atoms with Gasteiger partial charge in [0.1, 0.15) is 11.5 Å². The average molecular weight is 392 g/mol. The topological polar surface area (TPSA) is 53.0 Å². The third-order valence-corrected chi connectivity index (χ3v) is 5.99. The Morgan fingerprint density at radius 3 is 2.45 bits per heavy atom. The first-order chi connectivity index (χ1) is 14.0. The van der Waals surface area contributed by atoms with Crippen LogP contribution in [0.2, 0.25) is 0 Å². The molecule has 2 aromatic carbocycles. The Balaban J connectivity index is 1.65. The van der Waals surface area contributed by atoms with Crippen LogP contribution < -0.4 is 4.74 Å². The molecule has 0 spiro atoms. The van der Waals surface area contributed by atoms with E-state index < -0.39 is 0 Å². The highest BCUT2D eigenvalue weighted by Crippen LogP contribution is 2.42. The maximum Gasteiger partial charge on any atom is 0.232 e. The van der Waals surface area contributed by atoms with Crippen molar-refractivity contribution >= 4 is 11.9 Å². The molecule has 2 aromatic rings. The number of phenols is 1. The molecule has 2 aliphatic heterocycles. The summed E-state index contributed by atoms with van der Waals surface area (Å²) in [7, 11) is 0. The number of ether oxygens (including phenoxy) is 1. The Morgan fingerprint density at radius 2 is 1.76 bits per heavy atom. The minimum absolute atomic E-state index is 0.113. The van der Waals surface area contributed by atoms with Gasteiger partial charge in [-0.15, -0.1) is 0 Å². The summed E-state index contributed by atoms with van der Waals surface area (Å²) in [5.74, 6) is 0.923. The van der Waals surface area contributed by atoms with Crippen molar-refractivity contribution in [2.75, 3.05) is 32.7 Å². The average Bonchev–Trinajstić information content (AvgIpc) is 3.04. The molecule has 0 amide bonds. The second-order valence-electron chi connectivity index (χ2n) is 7.90. The maximum absolute atomic E-state index is 13.1. The highest BCUT2D eigenvalue weighted by molar-refractivity contribution is 6.15. The van der Waals surface area contributed by atoms with Gasteiger partial charge in [-0.1, -0.05) is 31.2 Å². The number of aromatic hydroxyl groups is 1. The zero-order valence-electron chi connectivity index (χ0n) is 17.4. The van der Waals surface area contributed by atoms with E-state index in [0.29, 0.717) is 29.2 Å². The van der Waals surface area contributed by atoms with E-state index in [0.717, 1.165) is 49.4 Å². The molecule has 152 valence electrons. The molecular formula is C24H28N2O3. The minimum atomic E-state index is -0.113. The Labute approximate surface area is 172 Å². The van der Waals surface area contributed by atoms with Crippen LogP contribution in [0, 0.1) is 13.8 Å². The van der Waals surface area contributed by atoms with Crippen molar-refractivity contribution in [1.29, 1.82) is 0 Å². The number of allylic oxidation sites excluding steroid dienone is 1. The van der Waals surface area contributed by atoms with Crippen LogP contribution in [0.5, 0.6) is 11.5 Å². The van der Waals surface area contributed by atoms with Crippen molar-refractivity contribution in [3.05, 3.63) is 63.9 Å². The highest BCUT2D eigenvalue weighted by Gasteiger charge is 2.34. The molecule has 2 heterocycles. The number of likely N-dealkylation sites (N-methyl/N-ethyl adjacent to an activating group) is 1.